The highest BCUT2D eigenvalue weighted by molar-refractivity contribution is 6.31. The second kappa shape index (κ2) is 4.06. The molecule has 0 aliphatic rings. The van der Waals surface area contributed by atoms with Gasteiger partial charge >= 0.3 is 0 Å². The second-order valence-corrected chi connectivity index (χ2v) is 3.62. The fraction of sp³-hybridized carbons (Fsp3) is 0.182. The molecule has 0 bridgehead atoms. The zero-order valence-corrected chi connectivity index (χ0v) is 9.34. The standard InChI is InChI=1S/C11H10ClNO3/c1-2-15-11(13)10-9(14)7-4-3-6(12)5-8(7)16-10/h3-5,13-14H,2H2,1H3. The number of rotatable bonds is 2. The first kappa shape index (κ1) is 10.8. The highest BCUT2D eigenvalue weighted by Crippen LogP contribution is 2.33. The topological polar surface area (TPSA) is 66.5 Å². The molecule has 1 aromatic heterocycles. The maximum absolute atomic E-state index is 9.82. The van der Waals surface area contributed by atoms with Crippen LogP contribution in [0.1, 0.15) is 12.7 Å². The first-order valence-electron chi connectivity index (χ1n) is 4.76. The summed E-state index contributed by atoms with van der Waals surface area (Å²) in [5.74, 6) is -0.253. The lowest BCUT2D eigenvalue weighted by Crippen LogP contribution is -2.03. The summed E-state index contributed by atoms with van der Waals surface area (Å²) in [6.07, 6.45) is 0. The molecule has 84 valence electrons. The zero-order valence-electron chi connectivity index (χ0n) is 8.58. The summed E-state index contributed by atoms with van der Waals surface area (Å²) in [6, 6.07) is 4.87. The fourth-order valence-corrected chi connectivity index (χ4v) is 1.58. The molecule has 2 rings (SSSR count). The molecule has 0 atom stereocenters. The molecule has 0 radical (unpaired) electrons. The van der Waals surface area contributed by atoms with Crippen LogP contribution in [-0.2, 0) is 4.74 Å². The normalized spacial score (nSPS) is 10.6. The molecule has 0 aliphatic carbocycles. The smallest absolute Gasteiger partial charge is 0.254 e. The van der Waals surface area contributed by atoms with Crippen molar-refractivity contribution < 1.29 is 14.3 Å². The number of hydrogen-bond acceptors (Lipinski definition) is 4. The number of nitrogens with one attached hydrogen (secondary N) is 1. The van der Waals surface area contributed by atoms with Crippen molar-refractivity contribution in [2.75, 3.05) is 6.61 Å². The third-order valence-corrected chi connectivity index (χ3v) is 2.36. The molecule has 0 amide bonds. The summed E-state index contributed by atoms with van der Waals surface area (Å²) in [4.78, 5) is 0. The second-order valence-electron chi connectivity index (χ2n) is 3.18. The molecule has 0 aliphatic heterocycles. The highest BCUT2D eigenvalue weighted by Gasteiger charge is 2.18. The van der Waals surface area contributed by atoms with Gasteiger partial charge in [-0.25, -0.2) is 0 Å². The quantitative estimate of drug-likeness (QED) is 0.625. The molecular weight excluding hydrogens is 230 g/mol. The van der Waals surface area contributed by atoms with Crippen LogP contribution in [0.25, 0.3) is 11.0 Å². The average molecular weight is 240 g/mol. The lowest BCUT2D eigenvalue weighted by molar-refractivity contribution is 0.314. The molecule has 1 aromatic carbocycles. The van der Waals surface area contributed by atoms with Crippen molar-refractivity contribution in [1.29, 1.82) is 5.41 Å². The van der Waals surface area contributed by atoms with E-state index in [0.29, 0.717) is 22.6 Å². The molecule has 0 fully saturated rings. The van der Waals surface area contributed by atoms with E-state index in [-0.39, 0.29) is 17.4 Å². The monoisotopic (exact) mass is 239 g/mol. The van der Waals surface area contributed by atoms with Gasteiger partial charge in [-0.05, 0) is 19.1 Å². The number of ether oxygens (including phenoxy) is 1. The Balaban J connectivity index is 2.55. The van der Waals surface area contributed by atoms with Gasteiger partial charge in [0.15, 0.2) is 5.75 Å². The van der Waals surface area contributed by atoms with E-state index in [0.717, 1.165) is 0 Å². The molecule has 5 heteroatoms. The lowest BCUT2D eigenvalue weighted by atomic mass is 10.2. The molecular formula is C11H10ClNO3. The Kier molecular flexibility index (Phi) is 2.75. The van der Waals surface area contributed by atoms with Gasteiger partial charge in [0.25, 0.3) is 5.90 Å². The number of halogens is 1. The number of aromatic hydroxyl groups is 1. The van der Waals surface area contributed by atoms with Crippen LogP contribution in [-0.4, -0.2) is 17.6 Å². The predicted octanol–water partition coefficient (Wildman–Crippen LogP) is 3.15. The van der Waals surface area contributed by atoms with Gasteiger partial charge < -0.3 is 14.3 Å². The summed E-state index contributed by atoms with van der Waals surface area (Å²) in [5, 5.41) is 18.4. The maximum atomic E-state index is 9.82. The van der Waals surface area contributed by atoms with Crippen LogP contribution in [0, 0.1) is 5.41 Å². The van der Waals surface area contributed by atoms with Crippen LogP contribution in [0.3, 0.4) is 0 Å². The minimum absolute atomic E-state index is 0.0270. The summed E-state index contributed by atoms with van der Waals surface area (Å²) in [5.41, 5.74) is 0.435. The first-order valence-corrected chi connectivity index (χ1v) is 5.14. The van der Waals surface area contributed by atoms with Gasteiger partial charge in [-0.3, -0.25) is 5.41 Å². The van der Waals surface area contributed by atoms with E-state index in [1.165, 1.54) is 0 Å². The molecule has 0 saturated heterocycles. The third kappa shape index (κ3) is 1.72. The van der Waals surface area contributed by atoms with Crippen molar-refractivity contribution in [2.24, 2.45) is 0 Å². The molecule has 16 heavy (non-hydrogen) atoms. The van der Waals surface area contributed by atoms with Crippen molar-refractivity contribution in [3.63, 3.8) is 0 Å². The molecule has 0 spiro atoms. The number of fused-ring (bicyclic) bond motifs is 1. The van der Waals surface area contributed by atoms with E-state index >= 15 is 0 Å². The number of hydrogen-bond donors (Lipinski definition) is 2. The van der Waals surface area contributed by atoms with E-state index in [4.69, 9.17) is 26.2 Å². The number of benzene rings is 1. The predicted molar refractivity (Wildman–Crippen MR) is 61.3 cm³/mol. The van der Waals surface area contributed by atoms with Gasteiger partial charge in [0.2, 0.25) is 5.76 Å². The van der Waals surface area contributed by atoms with E-state index in [1.54, 1.807) is 25.1 Å². The SMILES string of the molecule is CCOC(=N)c1oc2cc(Cl)ccc2c1O. The Bertz CT molecular complexity index is 547. The first-order chi connectivity index (χ1) is 7.63. The number of furan rings is 1. The van der Waals surface area contributed by atoms with Crippen LogP contribution in [0.15, 0.2) is 22.6 Å². The van der Waals surface area contributed by atoms with Gasteiger partial charge in [0, 0.05) is 11.1 Å². The van der Waals surface area contributed by atoms with Gasteiger partial charge in [-0.15, -0.1) is 0 Å². The van der Waals surface area contributed by atoms with Crippen LogP contribution < -0.4 is 0 Å². The van der Waals surface area contributed by atoms with Crippen LogP contribution in [0.4, 0.5) is 0 Å². The highest BCUT2D eigenvalue weighted by atomic mass is 35.5. The van der Waals surface area contributed by atoms with E-state index in [9.17, 15) is 5.11 Å². The van der Waals surface area contributed by atoms with Gasteiger partial charge in [0.1, 0.15) is 5.58 Å². The van der Waals surface area contributed by atoms with Crippen molar-refractivity contribution in [2.45, 2.75) is 6.92 Å². The van der Waals surface area contributed by atoms with Crippen molar-refractivity contribution in [3.8, 4) is 5.75 Å². The Morgan fingerprint density at radius 1 is 1.56 bits per heavy atom. The summed E-state index contributed by atoms with van der Waals surface area (Å²) in [6.45, 7) is 2.10. The molecule has 1 heterocycles. The Morgan fingerprint density at radius 3 is 3.00 bits per heavy atom. The molecule has 0 unspecified atom stereocenters. The molecule has 2 N–H and O–H groups in total. The molecule has 0 saturated carbocycles. The van der Waals surface area contributed by atoms with E-state index in [1.807, 2.05) is 0 Å². The Hall–Kier alpha value is -1.68. The fourth-order valence-electron chi connectivity index (χ4n) is 1.42. The minimum Gasteiger partial charge on any atom is -0.504 e. The van der Waals surface area contributed by atoms with Gasteiger partial charge in [-0.2, -0.15) is 0 Å². The van der Waals surface area contributed by atoms with Crippen LogP contribution >= 0.6 is 11.6 Å². The molecule has 4 nitrogen and oxygen atoms in total. The zero-order chi connectivity index (χ0) is 11.7. The average Bonchev–Trinajstić information content (AvgIpc) is 2.56. The van der Waals surface area contributed by atoms with Crippen molar-refractivity contribution in [3.05, 3.63) is 29.0 Å². The van der Waals surface area contributed by atoms with Crippen molar-refractivity contribution >= 4 is 28.5 Å². The maximum Gasteiger partial charge on any atom is 0.254 e. The summed E-state index contributed by atoms with van der Waals surface area (Å²) < 4.78 is 10.3. The lowest BCUT2D eigenvalue weighted by Gasteiger charge is -2.00. The minimum atomic E-state index is -0.188. The molecule has 2 aromatic rings. The summed E-state index contributed by atoms with van der Waals surface area (Å²) in [7, 11) is 0. The summed E-state index contributed by atoms with van der Waals surface area (Å²) >= 11 is 5.79. The van der Waals surface area contributed by atoms with Crippen molar-refractivity contribution in [1.82, 2.24) is 0 Å². The Labute approximate surface area is 96.9 Å². The third-order valence-electron chi connectivity index (χ3n) is 2.12. The van der Waals surface area contributed by atoms with Gasteiger partial charge in [0.05, 0.1) is 12.0 Å². The van der Waals surface area contributed by atoms with Crippen LogP contribution in [0.2, 0.25) is 5.02 Å². The van der Waals surface area contributed by atoms with E-state index < -0.39 is 0 Å². The largest absolute Gasteiger partial charge is 0.504 e. The van der Waals surface area contributed by atoms with E-state index in [2.05, 4.69) is 0 Å². The van der Waals surface area contributed by atoms with Crippen LogP contribution in [0.5, 0.6) is 5.75 Å². The van der Waals surface area contributed by atoms with Gasteiger partial charge in [-0.1, -0.05) is 11.6 Å². The Morgan fingerprint density at radius 2 is 2.31 bits per heavy atom.